The number of rotatable bonds is 7. The maximum Gasteiger partial charge on any atom is 0.274 e. The van der Waals surface area contributed by atoms with E-state index in [4.69, 9.17) is 15.2 Å². The second kappa shape index (κ2) is 6.03. The molecule has 7 nitrogen and oxygen atoms in total. The summed E-state index contributed by atoms with van der Waals surface area (Å²) < 4.78 is 10.1. The van der Waals surface area contributed by atoms with E-state index in [2.05, 4.69) is 15.5 Å². The molecule has 1 atom stereocenters. The quantitative estimate of drug-likeness (QED) is 0.658. The number of hydrogen-bond acceptors (Lipinski definition) is 5. The Morgan fingerprint density at radius 2 is 2.32 bits per heavy atom. The molecular weight excluding hydrogens is 248 g/mol. The molecule has 1 fully saturated rings. The van der Waals surface area contributed by atoms with Crippen molar-refractivity contribution in [2.45, 2.75) is 24.9 Å². The Labute approximate surface area is 111 Å². The SMILES string of the molecule is COCC(CNC(=O)c1n[nH]c(C2CC2)c1N)OC. The van der Waals surface area contributed by atoms with Gasteiger partial charge in [-0.3, -0.25) is 9.89 Å². The van der Waals surface area contributed by atoms with Gasteiger partial charge in [-0.25, -0.2) is 0 Å². The second-order valence-electron chi connectivity index (χ2n) is 4.70. The molecule has 2 rings (SSSR count). The lowest BCUT2D eigenvalue weighted by Crippen LogP contribution is -2.36. The number of nitrogens with zero attached hydrogens (tertiary/aromatic N) is 1. The highest BCUT2D eigenvalue weighted by molar-refractivity contribution is 5.97. The van der Waals surface area contributed by atoms with E-state index < -0.39 is 0 Å². The zero-order valence-corrected chi connectivity index (χ0v) is 11.2. The summed E-state index contributed by atoms with van der Waals surface area (Å²) in [4.78, 5) is 12.0. The number of anilines is 1. The summed E-state index contributed by atoms with van der Waals surface area (Å²) in [5, 5.41) is 9.59. The molecule has 1 aromatic heterocycles. The molecule has 1 saturated carbocycles. The average molecular weight is 268 g/mol. The van der Waals surface area contributed by atoms with Crippen molar-refractivity contribution in [2.24, 2.45) is 0 Å². The highest BCUT2D eigenvalue weighted by Gasteiger charge is 2.30. The first-order chi connectivity index (χ1) is 9.17. The molecule has 0 saturated heterocycles. The van der Waals surface area contributed by atoms with Gasteiger partial charge in [0.1, 0.15) is 0 Å². The third kappa shape index (κ3) is 3.24. The minimum absolute atomic E-state index is 0.183. The molecule has 1 amide bonds. The van der Waals surface area contributed by atoms with Crippen molar-refractivity contribution < 1.29 is 14.3 Å². The Morgan fingerprint density at radius 3 is 2.89 bits per heavy atom. The van der Waals surface area contributed by atoms with Gasteiger partial charge in [-0.05, 0) is 12.8 Å². The summed E-state index contributed by atoms with van der Waals surface area (Å²) in [5.74, 6) is 0.146. The number of aromatic amines is 1. The van der Waals surface area contributed by atoms with Crippen LogP contribution < -0.4 is 11.1 Å². The Hall–Kier alpha value is -1.60. The number of methoxy groups -OCH3 is 2. The minimum atomic E-state index is -0.293. The lowest BCUT2D eigenvalue weighted by molar-refractivity contribution is 0.0285. The van der Waals surface area contributed by atoms with Crippen LogP contribution >= 0.6 is 0 Å². The lowest BCUT2D eigenvalue weighted by atomic mass is 10.2. The van der Waals surface area contributed by atoms with Gasteiger partial charge < -0.3 is 20.5 Å². The van der Waals surface area contributed by atoms with E-state index >= 15 is 0 Å². The molecule has 1 heterocycles. The Kier molecular flexibility index (Phi) is 4.39. The van der Waals surface area contributed by atoms with Gasteiger partial charge in [0.2, 0.25) is 0 Å². The largest absolute Gasteiger partial charge is 0.395 e. The van der Waals surface area contributed by atoms with E-state index in [1.807, 2.05) is 0 Å². The number of nitrogen functional groups attached to an aromatic ring is 1. The highest BCUT2D eigenvalue weighted by Crippen LogP contribution is 2.42. The van der Waals surface area contributed by atoms with E-state index in [0.29, 0.717) is 24.8 Å². The standard InChI is InChI=1S/C12H20N4O3/c1-18-6-8(19-2)5-14-12(17)11-9(13)10(15-16-11)7-3-4-7/h7-8H,3-6,13H2,1-2H3,(H,14,17)(H,15,16). The normalized spacial score (nSPS) is 16.3. The minimum Gasteiger partial charge on any atom is -0.395 e. The molecule has 0 aromatic carbocycles. The van der Waals surface area contributed by atoms with Gasteiger partial charge in [-0.15, -0.1) is 0 Å². The smallest absolute Gasteiger partial charge is 0.274 e. The van der Waals surface area contributed by atoms with Crippen molar-refractivity contribution in [1.29, 1.82) is 0 Å². The molecule has 1 aromatic rings. The Balaban J connectivity index is 1.92. The van der Waals surface area contributed by atoms with Crippen LogP contribution in [0.3, 0.4) is 0 Å². The molecule has 4 N–H and O–H groups in total. The Morgan fingerprint density at radius 1 is 1.58 bits per heavy atom. The van der Waals surface area contributed by atoms with Gasteiger partial charge in [0.25, 0.3) is 5.91 Å². The van der Waals surface area contributed by atoms with Crippen LogP contribution in [0.5, 0.6) is 0 Å². The van der Waals surface area contributed by atoms with E-state index in [1.54, 1.807) is 14.2 Å². The summed E-state index contributed by atoms with van der Waals surface area (Å²) in [6, 6.07) is 0. The maximum absolute atomic E-state index is 12.0. The molecule has 106 valence electrons. The highest BCUT2D eigenvalue weighted by atomic mass is 16.5. The predicted molar refractivity (Wildman–Crippen MR) is 70.0 cm³/mol. The van der Waals surface area contributed by atoms with Crippen LogP contribution in [0.4, 0.5) is 5.69 Å². The first-order valence-corrected chi connectivity index (χ1v) is 6.31. The van der Waals surface area contributed by atoms with Crippen LogP contribution in [-0.4, -0.2) is 49.6 Å². The summed E-state index contributed by atoms with van der Waals surface area (Å²) in [6.07, 6.45) is 2.03. The van der Waals surface area contributed by atoms with Crippen molar-refractivity contribution in [1.82, 2.24) is 15.5 Å². The van der Waals surface area contributed by atoms with Crippen molar-refractivity contribution in [3.8, 4) is 0 Å². The van der Waals surface area contributed by atoms with Crippen LogP contribution in [-0.2, 0) is 9.47 Å². The molecule has 0 bridgehead atoms. The van der Waals surface area contributed by atoms with Crippen molar-refractivity contribution in [2.75, 3.05) is 33.1 Å². The van der Waals surface area contributed by atoms with Crippen LogP contribution in [0.2, 0.25) is 0 Å². The van der Waals surface area contributed by atoms with Gasteiger partial charge >= 0.3 is 0 Å². The number of nitrogens with one attached hydrogen (secondary N) is 2. The van der Waals surface area contributed by atoms with Gasteiger partial charge in [-0.2, -0.15) is 5.10 Å². The number of hydrogen-bond donors (Lipinski definition) is 3. The summed E-state index contributed by atoms with van der Waals surface area (Å²) >= 11 is 0. The first kappa shape index (κ1) is 13.8. The number of carbonyl (C=O) groups excluding carboxylic acids is 1. The van der Waals surface area contributed by atoms with Gasteiger partial charge in [0, 0.05) is 26.7 Å². The average Bonchev–Trinajstić information content (AvgIpc) is 3.17. The lowest BCUT2D eigenvalue weighted by Gasteiger charge is -2.14. The van der Waals surface area contributed by atoms with Crippen molar-refractivity contribution in [3.05, 3.63) is 11.4 Å². The molecule has 0 aliphatic heterocycles. The Bertz CT molecular complexity index is 442. The topological polar surface area (TPSA) is 102 Å². The molecule has 1 aliphatic carbocycles. The molecule has 1 aliphatic rings. The predicted octanol–water partition coefficient (Wildman–Crippen LogP) is 0.261. The number of aromatic nitrogens is 2. The van der Waals surface area contributed by atoms with Crippen LogP contribution in [0.25, 0.3) is 0 Å². The van der Waals surface area contributed by atoms with Gasteiger partial charge in [-0.1, -0.05) is 0 Å². The first-order valence-electron chi connectivity index (χ1n) is 6.31. The molecule has 1 unspecified atom stereocenters. The van der Waals surface area contributed by atoms with Crippen molar-refractivity contribution >= 4 is 11.6 Å². The van der Waals surface area contributed by atoms with Gasteiger partial charge in [0.05, 0.1) is 24.1 Å². The molecule has 0 radical (unpaired) electrons. The summed E-state index contributed by atoms with van der Waals surface area (Å²) in [5.41, 5.74) is 7.53. The van der Waals surface area contributed by atoms with Crippen molar-refractivity contribution in [3.63, 3.8) is 0 Å². The third-order valence-corrected chi connectivity index (χ3v) is 3.21. The summed E-state index contributed by atoms with van der Waals surface area (Å²) in [6.45, 7) is 0.772. The summed E-state index contributed by atoms with van der Waals surface area (Å²) in [7, 11) is 3.16. The third-order valence-electron chi connectivity index (χ3n) is 3.21. The number of nitrogens with two attached hydrogens (primary N) is 1. The number of H-pyrrole nitrogens is 1. The number of ether oxygens (including phenoxy) is 2. The van der Waals surface area contributed by atoms with Crippen LogP contribution in [0.1, 0.15) is 34.9 Å². The van der Waals surface area contributed by atoms with E-state index in [1.165, 1.54) is 0 Å². The van der Waals surface area contributed by atoms with E-state index in [-0.39, 0.29) is 17.7 Å². The van der Waals surface area contributed by atoms with Crippen LogP contribution in [0, 0.1) is 0 Å². The fourth-order valence-corrected chi connectivity index (χ4v) is 1.91. The van der Waals surface area contributed by atoms with E-state index in [9.17, 15) is 4.79 Å². The number of amides is 1. The molecule has 0 spiro atoms. The monoisotopic (exact) mass is 268 g/mol. The second-order valence-corrected chi connectivity index (χ2v) is 4.70. The zero-order chi connectivity index (χ0) is 13.8. The fraction of sp³-hybridized carbons (Fsp3) is 0.667. The van der Waals surface area contributed by atoms with Crippen LogP contribution in [0.15, 0.2) is 0 Å². The van der Waals surface area contributed by atoms with Gasteiger partial charge in [0.15, 0.2) is 5.69 Å². The van der Waals surface area contributed by atoms with E-state index in [0.717, 1.165) is 18.5 Å². The molecular formula is C12H20N4O3. The fourth-order valence-electron chi connectivity index (χ4n) is 1.91. The number of carbonyl (C=O) groups is 1. The zero-order valence-electron chi connectivity index (χ0n) is 11.2. The molecule has 19 heavy (non-hydrogen) atoms. The molecule has 7 heteroatoms. The maximum atomic E-state index is 12.0.